The van der Waals surface area contributed by atoms with Gasteiger partial charge in [-0.15, -0.1) is 11.3 Å². The molecular weight excluding hydrogens is 377 g/mol. The number of nitrogens with one attached hydrogen (secondary N) is 2. The molecule has 3 unspecified atom stereocenters. The monoisotopic (exact) mass is 402 g/mol. The third kappa shape index (κ3) is 3.44. The quantitative estimate of drug-likeness (QED) is 0.600. The van der Waals surface area contributed by atoms with Gasteiger partial charge >= 0.3 is 6.18 Å². The molecule has 3 fully saturated rings. The molecule has 9 heteroatoms. The molecule has 1 aromatic heterocycles. The van der Waals surface area contributed by atoms with E-state index in [-0.39, 0.29) is 5.41 Å². The van der Waals surface area contributed by atoms with Gasteiger partial charge in [0.25, 0.3) is 0 Å². The van der Waals surface area contributed by atoms with Crippen LogP contribution in [0.5, 0.6) is 0 Å². The van der Waals surface area contributed by atoms with Crippen molar-refractivity contribution in [3.8, 4) is 0 Å². The first-order chi connectivity index (χ1) is 12.9. The van der Waals surface area contributed by atoms with E-state index in [0.717, 1.165) is 29.7 Å². The number of aliphatic imine (C=N–C) groups is 1. The van der Waals surface area contributed by atoms with Gasteiger partial charge in [0, 0.05) is 49.4 Å². The van der Waals surface area contributed by atoms with Crippen LogP contribution in [0.25, 0.3) is 0 Å². The highest BCUT2D eigenvalue weighted by Gasteiger charge is 2.65. The lowest BCUT2D eigenvalue weighted by molar-refractivity contribution is -0.140. The smallest absolute Gasteiger partial charge is 0.377 e. The van der Waals surface area contributed by atoms with Gasteiger partial charge in [0.15, 0.2) is 11.7 Å². The molecule has 0 amide bonds. The van der Waals surface area contributed by atoms with E-state index >= 15 is 0 Å². The summed E-state index contributed by atoms with van der Waals surface area (Å²) in [6.45, 7) is 1.33. The number of nitrogens with zero attached hydrogens (tertiary/aromatic N) is 2. The van der Waals surface area contributed by atoms with Gasteiger partial charge < -0.3 is 15.4 Å². The minimum Gasteiger partial charge on any atom is -0.377 e. The Labute approximate surface area is 160 Å². The average molecular weight is 402 g/mol. The number of hydrogen-bond acceptors (Lipinski definition) is 4. The van der Waals surface area contributed by atoms with Crippen molar-refractivity contribution < 1.29 is 17.9 Å². The van der Waals surface area contributed by atoms with E-state index in [0.29, 0.717) is 42.0 Å². The van der Waals surface area contributed by atoms with E-state index in [9.17, 15) is 13.2 Å². The van der Waals surface area contributed by atoms with Gasteiger partial charge in [-0.1, -0.05) is 12.8 Å². The molecule has 1 saturated heterocycles. The summed E-state index contributed by atoms with van der Waals surface area (Å²) in [5.74, 6) is 1.25. The van der Waals surface area contributed by atoms with Crippen molar-refractivity contribution >= 4 is 17.3 Å². The summed E-state index contributed by atoms with van der Waals surface area (Å²) in [4.78, 5) is 7.98. The van der Waals surface area contributed by atoms with Crippen molar-refractivity contribution in [3.05, 3.63) is 16.1 Å². The molecule has 2 saturated carbocycles. The highest BCUT2D eigenvalue weighted by atomic mass is 32.1. The Balaban J connectivity index is 1.32. The van der Waals surface area contributed by atoms with Gasteiger partial charge in [0.2, 0.25) is 0 Å². The molecule has 4 rings (SSSR count). The maximum absolute atomic E-state index is 12.6. The summed E-state index contributed by atoms with van der Waals surface area (Å²) in [5, 5.41) is 8.37. The number of ether oxygens (including phenoxy) is 1. The van der Waals surface area contributed by atoms with Crippen LogP contribution in [0.15, 0.2) is 10.4 Å². The summed E-state index contributed by atoms with van der Waals surface area (Å²) in [7, 11) is 1.73. The van der Waals surface area contributed by atoms with E-state index < -0.39 is 11.9 Å². The maximum Gasteiger partial charge on any atom is 0.434 e. The van der Waals surface area contributed by atoms with Crippen LogP contribution in [0.3, 0.4) is 0 Å². The predicted octanol–water partition coefficient (Wildman–Crippen LogP) is 3.22. The largest absolute Gasteiger partial charge is 0.434 e. The van der Waals surface area contributed by atoms with Crippen LogP contribution in [0.2, 0.25) is 0 Å². The highest BCUT2D eigenvalue weighted by molar-refractivity contribution is 7.09. The van der Waals surface area contributed by atoms with E-state index in [2.05, 4.69) is 20.6 Å². The molecule has 2 heterocycles. The molecule has 3 atom stereocenters. The normalized spacial score (nSPS) is 29.6. The zero-order chi connectivity index (χ0) is 19.1. The van der Waals surface area contributed by atoms with Crippen LogP contribution in [0, 0.1) is 11.3 Å². The number of guanidine groups is 1. The van der Waals surface area contributed by atoms with Crippen LogP contribution in [0.1, 0.15) is 42.8 Å². The lowest BCUT2D eigenvalue weighted by Crippen LogP contribution is -2.69. The molecule has 1 aromatic rings. The Kier molecular flexibility index (Phi) is 5.09. The lowest BCUT2D eigenvalue weighted by atomic mass is 9.54. The first-order valence-electron chi connectivity index (χ1n) is 9.54. The number of fused-ring (bicyclic) bond motifs is 2. The topological polar surface area (TPSA) is 58.5 Å². The molecule has 27 heavy (non-hydrogen) atoms. The summed E-state index contributed by atoms with van der Waals surface area (Å²) in [5.41, 5.74) is -0.578. The van der Waals surface area contributed by atoms with E-state index in [1.54, 1.807) is 7.05 Å². The van der Waals surface area contributed by atoms with Gasteiger partial charge in [-0.3, -0.25) is 4.99 Å². The molecule has 0 bridgehead atoms. The number of rotatable bonds is 4. The number of thiazole rings is 1. The minimum atomic E-state index is -4.38. The first kappa shape index (κ1) is 19.0. The van der Waals surface area contributed by atoms with E-state index in [4.69, 9.17) is 4.74 Å². The third-order valence-electron chi connectivity index (χ3n) is 6.28. The van der Waals surface area contributed by atoms with Crippen LogP contribution in [-0.4, -0.2) is 43.3 Å². The molecule has 2 aliphatic carbocycles. The molecule has 3 aliphatic rings. The summed E-state index contributed by atoms with van der Waals surface area (Å²) >= 11 is 1.05. The summed E-state index contributed by atoms with van der Waals surface area (Å²) in [6, 6.07) is 0.371. The molecule has 2 N–H and O–H groups in total. The van der Waals surface area contributed by atoms with E-state index in [1.165, 1.54) is 25.7 Å². The Hall–Kier alpha value is -1.35. The standard InChI is InChI=1S/C18H25F3N4OS/c1-22-16(23-8-4-13-24-12(10-27-13)18(19,20)21)25-14-11-5-9-26-15(11)17(14)6-2-3-7-17/h10-11,14-15H,2-9H2,1H3,(H2,22,23,25). The second-order valence-corrected chi connectivity index (χ2v) is 8.62. The zero-order valence-electron chi connectivity index (χ0n) is 15.3. The van der Waals surface area contributed by atoms with Gasteiger partial charge in [0.05, 0.1) is 11.1 Å². The highest BCUT2D eigenvalue weighted by Crippen LogP contribution is 2.60. The summed E-state index contributed by atoms with van der Waals surface area (Å²) < 4.78 is 43.9. The van der Waals surface area contributed by atoms with Crippen molar-refractivity contribution in [2.24, 2.45) is 16.3 Å². The average Bonchev–Trinajstić information content (AvgIpc) is 3.36. The molecule has 0 aromatic carbocycles. The van der Waals surface area contributed by atoms with Gasteiger partial charge in [-0.2, -0.15) is 13.2 Å². The van der Waals surface area contributed by atoms with E-state index in [1.807, 2.05) is 0 Å². The molecule has 5 nitrogen and oxygen atoms in total. The third-order valence-corrected chi connectivity index (χ3v) is 7.18. The van der Waals surface area contributed by atoms with Crippen LogP contribution in [0.4, 0.5) is 13.2 Å². The molecule has 150 valence electrons. The number of alkyl halides is 3. The van der Waals surface area contributed by atoms with Crippen molar-refractivity contribution in [1.82, 2.24) is 15.6 Å². The fourth-order valence-corrected chi connectivity index (χ4v) is 5.89. The van der Waals surface area contributed by atoms with Crippen molar-refractivity contribution in [2.45, 2.75) is 56.8 Å². The van der Waals surface area contributed by atoms with Gasteiger partial charge in [-0.25, -0.2) is 4.98 Å². The first-order valence-corrected chi connectivity index (χ1v) is 10.4. The van der Waals surface area contributed by atoms with Crippen LogP contribution in [-0.2, 0) is 17.3 Å². The molecule has 1 spiro atoms. The Bertz CT molecular complexity index is 699. The van der Waals surface area contributed by atoms with Gasteiger partial charge in [-0.05, 0) is 19.3 Å². The van der Waals surface area contributed by atoms with Crippen molar-refractivity contribution in [2.75, 3.05) is 20.2 Å². The Morgan fingerprint density at radius 3 is 2.85 bits per heavy atom. The number of aromatic nitrogens is 1. The number of hydrogen-bond donors (Lipinski definition) is 2. The van der Waals surface area contributed by atoms with Gasteiger partial charge in [0.1, 0.15) is 0 Å². The van der Waals surface area contributed by atoms with Crippen LogP contribution < -0.4 is 10.6 Å². The number of halogens is 3. The fraction of sp³-hybridized carbons (Fsp3) is 0.778. The molecular formula is C18H25F3N4OS. The second kappa shape index (κ2) is 7.24. The lowest BCUT2D eigenvalue weighted by Gasteiger charge is -2.57. The second-order valence-electron chi connectivity index (χ2n) is 7.68. The maximum atomic E-state index is 12.6. The predicted molar refractivity (Wildman–Crippen MR) is 97.9 cm³/mol. The summed E-state index contributed by atoms with van der Waals surface area (Å²) in [6.07, 6.45) is 2.42. The minimum absolute atomic E-state index is 0.232. The van der Waals surface area contributed by atoms with Crippen molar-refractivity contribution in [1.29, 1.82) is 0 Å². The molecule has 0 radical (unpaired) electrons. The van der Waals surface area contributed by atoms with Crippen LogP contribution >= 0.6 is 11.3 Å². The zero-order valence-corrected chi connectivity index (χ0v) is 16.1. The van der Waals surface area contributed by atoms with Crippen molar-refractivity contribution in [3.63, 3.8) is 0 Å². The SMILES string of the molecule is CN=C(NCCc1nc(C(F)(F)F)cs1)NC1C2CCOC2C12CCCC2. The molecule has 1 aliphatic heterocycles. The fourth-order valence-electron chi connectivity index (χ4n) is 5.09. The Morgan fingerprint density at radius 1 is 1.41 bits per heavy atom. The Morgan fingerprint density at radius 2 is 2.19 bits per heavy atom.